The molecule has 0 unspecified atom stereocenters. The summed E-state index contributed by atoms with van der Waals surface area (Å²) in [7, 11) is -3.82. The van der Waals surface area contributed by atoms with Gasteiger partial charge >= 0.3 is 0 Å². The number of unbranched alkanes of at least 4 members (excludes halogenated alkanes) is 1. The summed E-state index contributed by atoms with van der Waals surface area (Å²) in [5, 5.41) is 8.51. The van der Waals surface area contributed by atoms with Crippen molar-refractivity contribution in [2.75, 3.05) is 13.2 Å². The van der Waals surface area contributed by atoms with E-state index in [4.69, 9.17) is 5.11 Å². The Balaban J connectivity index is 2.72. The Morgan fingerprint density at radius 3 is 2.47 bits per heavy atom. The molecule has 0 fully saturated rings. The number of aliphatic hydroxyl groups is 1. The molecule has 0 amide bonds. The highest BCUT2D eigenvalue weighted by molar-refractivity contribution is 7.89. The lowest BCUT2D eigenvalue weighted by Crippen LogP contribution is -2.25. The molecule has 1 aromatic rings. The van der Waals surface area contributed by atoms with Crippen molar-refractivity contribution in [3.63, 3.8) is 0 Å². The molecule has 0 atom stereocenters. The van der Waals surface area contributed by atoms with Crippen molar-refractivity contribution in [1.82, 2.24) is 4.72 Å². The van der Waals surface area contributed by atoms with Crippen LogP contribution in [0, 0.1) is 11.6 Å². The average molecular weight is 265 g/mol. The van der Waals surface area contributed by atoms with Gasteiger partial charge in [-0.25, -0.2) is 21.9 Å². The summed E-state index contributed by atoms with van der Waals surface area (Å²) in [6.45, 7) is 0.120. The lowest BCUT2D eigenvalue weighted by Gasteiger charge is -2.06. The van der Waals surface area contributed by atoms with Gasteiger partial charge in [0.25, 0.3) is 0 Å². The third-order valence-electron chi connectivity index (χ3n) is 2.08. The number of hydrogen-bond acceptors (Lipinski definition) is 3. The Hall–Kier alpha value is -1.05. The molecule has 0 saturated carbocycles. The molecule has 0 heterocycles. The topological polar surface area (TPSA) is 66.4 Å². The minimum Gasteiger partial charge on any atom is -0.396 e. The van der Waals surface area contributed by atoms with Crippen molar-refractivity contribution in [2.24, 2.45) is 0 Å². The van der Waals surface area contributed by atoms with E-state index in [1.54, 1.807) is 0 Å². The lowest BCUT2D eigenvalue weighted by molar-refractivity contribution is 0.285. The summed E-state index contributed by atoms with van der Waals surface area (Å²) in [5.41, 5.74) is 0. The van der Waals surface area contributed by atoms with Gasteiger partial charge in [-0.1, -0.05) is 0 Å². The van der Waals surface area contributed by atoms with Gasteiger partial charge in [0, 0.05) is 13.2 Å². The van der Waals surface area contributed by atoms with Gasteiger partial charge in [0.05, 0.1) is 4.90 Å². The number of benzene rings is 1. The lowest BCUT2D eigenvalue weighted by atomic mass is 10.3. The predicted molar refractivity (Wildman–Crippen MR) is 57.9 cm³/mol. The van der Waals surface area contributed by atoms with E-state index in [1.807, 2.05) is 0 Å². The summed E-state index contributed by atoms with van der Waals surface area (Å²) in [6, 6.07) is 2.38. The minimum absolute atomic E-state index is 0.0209. The molecule has 0 bridgehead atoms. The molecule has 4 nitrogen and oxygen atoms in total. The fourth-order valence-corrected chi connectivity index (χ4v) is 2.26. The smallest absolute Gasteiger partial charge is 0.240 e. The van der Waals surface area contributed by atoms with Crippen LogP contribution in [0.2, 0.25) is 0 Å². The molecule has 1 aromatic carbocycles. The molecule has 0 spiro atoms. The average Bonchev–Trinajstić information content (AvgIpc) is 2.28. The van der Waals surface area contributed by atoms with Crippen molar-refractivity contribution in [3.8, 4) is 0 Å². The van der Waals surface area contributed by atoms with E-state index in [1.165, 1.54) is 0 Å². The number of sulfonamides is 1. The quantitative estimate of drug-likeness (QED) is 0.755. The first-order chi connectivity index (χ1) is 7.97. The van der Waals surface area contributed by atoms with Crippen LogP contribution < -0.4 is 4.72 Å². The maximum absolute atomic E-state index is 12.9. The number of nitrogens with one attached hydrogen (secondary N) is 1. The highest BCUT2D eigenvalue weighted by Gasteiger charge is 2.15. The zero-order valence-electron chi connectivity index (χ0n) is 8.99. The molecule has 7 heteroatoms. The van der Waals surface area contributed by atoms with E-state index < -0.39 is 21.7 Å². The van der Waals surface area contributed by atoms with Crippen LogP contribution in [0.1, 0.15) is 12.8 Å². The van der Waals surface area contributed by atoms with Crippen LogP contribution in [-0.2, 0) is 10.0 Å². The van der Waals surface area contributed by atoms with E-state index in [0.29, 0.717) is 18.9 Å². The second-order valence-corrected chi connectivity index (χ2v) is 5.17. The number of aliphatic hydroxyl groups excluding tert-OH is 1. The van der Waals surface area contributed by atoms with E-state index in [0.717, 1.165) is 12.1 Å². The number of hydrogen-bond donors (Lipinski definition) is 2. The molecule has 1 rings (SSSR count). The number of halogens is 2. The summed E-state index contributed by atoms with van der Waals surface area (Å²) in [4.78, 5) is -0.319. The van der Waals surface area contributed by atoms with Crippen LogP contribution in [0.4, 0.5) is 8.78 Å². The maximum Gasteiger partial charge on any atom is 0.240 e. The highest BCUT2D eigenvalue weighted by Crippen LogP contribution is 2.13. The van der Waals surface area contributed by atoms with Crippen LogP contribution in [0.3, 0.4) is 0 Å². The zero-order chi connectivity index (χ0) is 12.9. The van der Waals surface area contributed by atoms with Gasteiger partial charge in [-0.3, -0.25) is 0 Å². The molecule has 0 aromatic heterocycles. The molecule has 0 radical (unpaired) electrons. The zero-order valence-corrected chi connectivity index (χ0v) is 9.80. The largest absolute Gasteiger partial charge is 0.396 e. The first-order valence-electron chi connectivity index (χ1n) is 5.03. The standard InChI is InChI=1S/C10H13F2NO3S/c11-9-4-3-8(7-10(9)12)17(15,16)13-5-1-2-6-14/h3-4,7,13-14H,1-2,5-6H2. The van der Waals surface area contributed by atoms with Gasteiger partial charge in [-0.05, 0) is 31.0 Å². The molecule has 0 aliphatic rings. The van der Waals surface area contributed by atoms with Crippen LogP contribution in [0.25, 0.3) is 0 Å². The van der Waals surface area contributed by atoms with Crippen molar-refractivity contribution >= 4 is 10.0 Å². The molecule has 0 aliphatic heterocycles. The minimum atomic E-state index is -3.82. The van der Waals surface area contributed by atoms with Gasteiger partial charge in [0.15, 0.2) is 11.6 Å². The first kappa shape index (κ1) is 14.0. The van der Waals surface area contributed by atoms with Gasteiger partial charge in [-0.15, -0.1) is 0 Å². The monoisotopic (exact) mass is 265 g/mol. The molecule has 96 valence electrons. The summed E-state index contributed by atoms with van der Waals surface area (Å²) in [6.07, 6.45) is 0.944. The Morgan fingerprint density at radius 2 is 1.88 bits per heavy atom. The summed E-state index contributed by atoms with van der Waals surface area (Å²) < 4.78 is 50.9. The van der Waals surface area contributed by atoms with E-state index in [2.05, 4.69) is 4.72 Å². The highest BCUT2D eigenvalue weighted by atomic mass is 32.2. The Morgan fingerprint density at radius 1 is 1.18 bits per heavy atom. The Kier molecular flexibility index (Phi) is 4.98. The number of rotatable bonds is 6. The van der Waals surface area contributed by atoms with Crippen LogP contribution in [0.5, 0.6) is 0 Å². The Bertz CT molecular complexity index is 476. The van der Waals surface area contributed by atoms with Gasteiger partial charge < -0.3 is 5.11 Å². The second-order valence-electron chi connectivity index (χ2n) is 3.40. The fraction of sp³-hybridized carbons (Fsp3) is 0.400. The molecular formula is C10H13F2NO3S. The van der Waals surface area contributed by atoms with Crippen molar-refractivity contribution in [1.29, 1.82) is 0 Å². The predicted octanol–water partition coefficient (Wildman–Crippen LogP) is 1.02. The van der Waals surface area contributed by atoms with E-state index >= 15 is 0 Å². The van der Waals surface area contributed by atoms with Crippen LogP contribution in [0.15, 0.2) is 23.1 Å². The van der Waals surface area contributed by atoms with Crippen LogP contribution in [-0.4, -0.2) is 26.7 Å². The molecule has 2 N–H and O–H groups in total. The van der Waals surface area contributed by atoms with Crippen molar-refractivity contribution < 1.29 is 22.3 Å². The van der Waals surface area contributed by atoms with Gasteiger partial charge in [0.1, 0.15) is 0 Å². The van der Waals surface area contributed by atoms with E-state index in [9.17, 15) is 17.2 Å². The molecular weight excluding hydrogens is 252 g/mol. The maximum atomic E-state index is 12.9. The van der Waals surface area contributed by atoms with Gasteiger partial charge in [-0.2, -0.15) is 0 Å². The third-order valence-corrected chi connectivity index (χ3v) is 3.54. The van der Waals surface area contributed by atoms with Crippen molar-refractivity contribution in [2.45, 2.75) is 17.7 Å². The fourth-order valence-electron chi connectivity index (χ4n) is 1.17. The van der Waals surface area contributed by atoms with Crippen molar-refractivity contribution in [3.05, 3.63) is 29.8 Å². The Labute approximate surface area is 98.3 Å². The normalized spacial score (nSPS) is 11.7. The SMILES string of the molecule is O=S(=O)(NCCCCO)c1ccc(F)c(F)c1. The summed E-state index contributed by atoms with van der Waals surface area (Å²) in [5.74, 6) is -2.30. The van der Waals surface area contributed by atoms with Gasteiger partial charge in [0.2, 0.25) is 10.0 Å². The van der Waals surface area contributed by atoms with E-state index in [-0.39, 0.29) is 18.0 Å². The first-order valence-corrected chi connectivity index (χ1v) is 6.51. The summed E-state index contributed by atoms with van der Waals surface area (Å²) >= 11 is 0. The molecule has 0 aliphatic carbocycles. The van der Waals surface area contributed by atoms with Crippen LogP contribution >= 0.6 is 0 Å². The third kappa shape index (κ3) is 4.03. The molecule has 17 heavy (non-hydrogen) atoms. The molecule has 0 saturated heterocycles. The second kappa shape index (κ2) is 6.04.